The van der Waals surface area contributed by atoms with E-state index in [-0.39, 0.29) is 0 Å². The summed E-state index contributed by atoms with van der Waals surface area (Å²) in [6.45, 7) is 18.8. The molecule has 1 aliphatic rings. The molecule has 1 atom stereocenters. The molecule has 0 radical (unpaired) electrons. The quantitative estimate of drug-likeness (QED) is 0.585. The van der Waals surface area contributed by atoms with Crippen LogP contribution in [0.3, 0.4) is 0 Å². The highest BCUT2D eigenvalue weighted by molar-refractivity contribution is 6.30. The molecule has 3 heteroatoms. The molecule has 0 spiro atoms. The topological polar surface area (TPSA) is 3.24 Å². The molecule has 23 heavy (non-hydrogen) atoms. The minimum absolute atomic E-state index is 0.299. The summed E-state index contributed by atoms with van der Waals surface area (Å²) in [5.74, 6) is 0.299. The van der Waals surface area contributed by atoms with E-state index in [0.717, 1.165) is 30.2 Å². The number of likely N-dealkylation sites (tertiary alicyclic amines) is 1. The van der Waals surface area contributed by atoms with Crippen molar-refractivity contribution in [2.75, 3.05) is 19.6 Å². The molecule has 1 unspecified atom stereocenters. The minimum atomic E-state index is -0.616. The molecule has 1 heterocycles. The van der Waals surface area contributed by atoms with Crippen LogP contribution in [0.2, 0.25) is 5.02 Å². The first-order valence-electron chi connectivity index (χ1n) is 8.33. The number of benzene rings is 1. The van der Waals surface area contributed by atoms with Gasteiger partial charge in [-0.25, -0.2) is 4.39 Å². The Morgan fingerprint density at radius 2 is 1.70 bits per heavy atom. The van der Waals surface area contributed by atoms with Gasteiger partial charge in [0, 0.05) is 30.6 Å². The Labute approximate surface area is 146 Å². The van der Waals surface area contributed by atoms with Crippen LogP contribution in [-0.2, 0) is 0 Å². The van der Waals surface area contributed by atoms with E-state index in [1.165, 1.54) is 5.56 Å². The Morgan fingerprint density at radius 3 is 2.13 bits per heavy atom. The maximum atomic E-state index is 13.2. The third kappa shape index (κ3) is 7.81. The lowest BCUT2D eigenvalue weighted by Gasteiger charge is -2.32. The lowest BCUT2D eigenvalue weighted by molar-refractivity contribution is 0.147. The summed E-state index contributed by atoms with van der Waals surface area (Å²) in [4.78, 5) is 2.34. The summed E-state index contributed by atoms with van der Waals surface area (Å²) in [5, 5.41) is 0.752. The molecule has 1 saturated heterocycles. The molecule has 1 aliphatic heterocycles. The van der Waals surface area contributed by atoms with Crippen LogP contribution in [0.15, 0.2) is 49.6 Å². The first-order chi connectivity index (χ1) is 11.1. The van der Waals surface area contributed by atoms with E-state index in [1.807, 2.05) is 26.0 Å². The zero-order chi connectivity index (χ0) is 17.8. The van der Waals surface area contributed by atoms with Crippen LogP contribution in [0, 0.1) is 0 Å². The van der Waals surface area contributed by atoms with Crippen LogP contribution < -0.4 is 0 Å². The van der Waals surface area contributed by atoms with E-state index in [0.29, 0.717) is 18.8 Å². The monoisotopic (exact) mass is 339 g/mol. The van der Waals surface area contributed by atoms with E-state index < -0.39 is 6.17 Å². The number of hydrogen-bond donors (Lipinski definition) is 0. The number of halogens is 2. The van der Waals surface area contributed by atoms with Gasteiger partial charge < -0.3 is 4.90 Å². The van der Waals surface area contributed by atoms with E-state index in [1.54, 1.807) is 0 Å². The smallest absolute Gasteiger partial charge is 0.103 e. The largest absolute Gasteiger partial charge is 0.302 e. The van der Waals surface area contributed by atoms with Gasteiger partial charge in [-0.3, -0.25) is 0 Å². The number of piperidine rings is 1. The fraction of sp³-hybridized carbons (Fsp3) is 0.500. The molecule has 0 aromatic heterocycles. The molecule has 1 nitrogen and oxygen atoms in total. The highest BCUT2D eigenvalue weighted by Gasteiger charge is 2.22. The number of alkyl halides is 1. The number of hydrogen-bond acceptors (Lipinski definition) is 1. The van der Waals surface area contributed by atoms with Crippen LogP contribution in [0.25, 0.3) is 0 Å². The molecule has 2 rings (SSSR count). The summed E-state index contributed by atoms with van der Waals surface area (Å²) < 4.78 is 13.2. The Kier molecular flexibility index (Phi) is 11.7. The third-order valence-corrected chi connectivity index (χ3v) is 4.08. The van der Waals surface area contributed by atoms with Gasteiger partial charge >= 0.3 is 0 Å². The van der Waals surface area contributed by atoms with E-state index in [4.69, 9.17) is 11.6 Å². The second-order valence-corrected chi connectivity index (χ2v) is 5.86. The van der Waals surface area contributed by atoms with Crippen LogP contribution in [0.5, 0.6) is 0 Å². The Morgan fingerprint density at radius 1 is 1.22 bits per heavy atom. The Bertz CT molecular complexity index is 435. The van der Waals surface area contributed by atoms with E-state index in [9.17, 15) is 4.39 Å². The molecule has 0 aliphatic carbocycles. The van der Waals surface area contributed by atoms with Gasteiger partial charge in [0.2, 0.25) is 0 Å². The van der Waals surface area contributed by atoms with Gasteiger partial charge in [-0.1, -0.05) is 49.7 Å². The van der Waals surface area contributed by atoms with Crippen molar-refractivity contribution in [2.45, 2.75) is 45.7 Å². The molecule has 0 amide bonds. The summed E-state index contributed by atoms with van der Waals surface area (Å²) in [5.41, 5.74) is 2.38. The number of nitrogens with zero attached hydrogens (tertiary/aromatic N) is 1. The first-order valence-corrected chi connectivity index (χ1v) is 8.71. The predicted molar refractivity (Wildman–Crippen MR) is 102 cm³/mol. The van der Waals surface area contributed by atoms with Crippen molar-refractivity contribution in [3.05, 3.63) is 60.2 Å². The lowest BCUT2D eigenvalue weighted by Crippen LogP contribution is -2.37. The van der Waals surface area contributed by atoms with Gasteiger partial charge in [0.25, 0.3) is 0 Å². The van der Waals surface area contributed by atoms with E-state index >= 15 is 0 Å². The van der Waals surface area contributed by atoms with Crippen molar-refractivity contribution in [2.24, 2.45) is 0 Å². The van der Waals surface area contributed by atoms with Crippen molar-refractivity contribution < 1.29 is 4.39 Å². The Hall–Kier alpha value is -1.12. The van der Waals surface area contributed by atoms with Gasteiger partial charge in [0.15, 0.2) is 0 Å². The van der Waals surface area contributed by atoms with Crippen molar-refractivity contribution in [3.8, 4) is 0 Å². The van der Waals surface area contributed by atoms with Crippen molar-refractivity contribution >= 4 is 11.6 Å². The summed E-state index contributed by atoms with van der Waals surface area (Å²) >= 11 is 5.93. The van der Waals surface area contributed by atoms with Gasteiger partial charge in [0.05, 0.1) is 0 Å². The Balaban J connectivity index is 0.00000112. The van der Waals surface area contributed by atoms with E-state index in [2.05, 4.69) is 43.7 Å². The predicted octanol–water partition coefficient (Wildman–Crippen LogP) is 6.26. The first kappa shape index (κ1) is 21.9. The van der Waals surface area contributed by atoms with Gasteiger partial charge in [-0.15, -0.1) is 13.2 Å². The molecular weight excluding hydrogens is 309 g/mol. The zero-order valence-corrected chi connectivity index (χ0v) is 15.6. The SMILES string of the molecule is C=C.C=C(C)C(CN1CCC(F)CC1)c1ccc(Cl)cc1.CC. The highest BCUT2D eigenvalue weighted by atomic mass is 35.5. The van der Waals surface area contributed by atoms with Crippen molar-refractivity contribution in [1.29, 1.82) is 0 Å². The minimum Gasteiger partial charge on any atom is -0.302 e. The molecule has 0 N–H and O–H groups in total. The van der Waals surface area contributed by atoms with Crippen molar-refractivity contribution in [1.82, 2.24) is 4.90 Å². The molecule has 0 bridgehead atoms. The van der Waals surface area contributed by atoms with Crippen LogP contribution in [0.1, 0.15) is 45.1 Å². The summed E-state index contributed by atoms with van der Waals surface area (Å²) in [7, 11) is 0. The van der Waals surface area contributed by atoms with Crippen LogP contribution in [-0.4, -0.2) is 30.7 Å². The fourth-order valence-corrected chi connectivity index (χ4v) is 2.71. The van der Waals surface area contributed by atoms with Crippen molar-refractivity contribution in [3.63, 3.8) is 0 Å². The average Bonchev–Trinajstić information content (AvgIpc) is 2.59. The average molecular weight is 340 g/mol. The second kappa shape index (κ2) is 12.3. The zero-order valence-electron chi connectivity index (χ0n) is 14.8. The highest BCUT2D eigenvalue weighted by Crippen LogP contribution is 2.27. The second-order valence-electron chi connectivity index (χ2n) is 5.43. The summed E-state index contributed by atoms with van der Waals surface area (Å²) in [6, 6.07) is 7.95. The van der Waals surface area contributed by atoms with Gasteiger partial charge in [0.1, 0.15) is 6.17 Å². The molecule has 1 aromatic carbocycles. The molecular formula is C20H31ClFN. The van der Waals surface area contributed by atoms with Crippen LogP contribution in [0.4, 0.5) is 4.39 Å². The van der Waals surface area contributed by atoms with Gasteiger partial charge in [-0.05, 0) is 37.5 Å². The molecule has 1 aromatic rings. The molecule has 130 valence electrons. The summed E-state index contributed by atoms with van der Waals surface area (Å²) in [6.07, 6.45) is 0.697. The molecule has 1 fully saturated rings. The van der Waals surface area contributed by atoms with Gasteiger partial charge in [-0.2, -0.15) is 0 Å². The standard InChI is InChI=1S/C16H21ClFN.C2H6.C2H4/c1-12(2)16(13-3-5-14(17)6-4-13)11-19-9-7-15(18)8-10-19;2*1-2/h3-6,15-16H,1,7-11H2,2H3;1-2H3;1-2H2. The lowest BCUT2D eigenvalue weighted by atomic mass is 9.91. The fourth-order valence-electron chi connectivity index (χ4n) is 2.58. The normalized spacial score (nSPS) is 16.4. The maximum Gasteiger partial charge on any atom is 0.103 e. The number of rotatable bonds is 4. The van der Waals surface area contributed by atoms with Crippen LogP contribution >= 0.6 is 11.6 Å². The molecule has 0 saturated carbocycles. The third-order valence-electron chi connectivity index (χ3n) is 3.83. The maximum absolute atomic E-state index is 13.2.